The predicted molar refractivity (Wildman–Crippen MR) is 102 cm³/mol. The van der Waals surface area contributed by atoms with E-state index in [9.17, 15) is 9.59 Å². The number of hydrogen-bond donors (Lipinski definition) is 2. The number of aryl methyl sites for hydroxylation is 2. The molecule has 0 aliphatic heterocycles. The lowest BCUT2D eigenvalue weighted by molar-refractivity contribution is -0.136. The Bertz CT molecular complexity index is 776. The molecule has 1 unspecified atom stereocenters. The van der Waals surface area contributed by atoms with Gasteiger partial charge in [-0.1, -0.05) is 12.1 Å². The third kappa shape index (κ3) is 6.16. The standard InChI is InChI=1S/C21H27NO5/c1-13(2)27-17-9-7-16(8-10-17)6-5-15(4)22-21(25)20-14(3)12-26-18(20)11-19(23)24/h7-10,12-13,15H,5-6,11H2,1-4H3,(H,22,25)(H,23,24). The molecule has 146 valence electrons. The number of hydrogen-bond acceptors (Lipinski definition) is 4. The molecule has 6 nitrogen and oxygen atoms in total. The number of carbonyl (C=O) groups is 2. The Hall–Kier alpha value is -2.76. The van der Waals surface area contributed by atoms with E-state index in [1.165, 1.54) is 11.8 Å². The summed E-state index contributed by atoms with van der Waals surface area (Å²) < 4.78 is 10.9. The second-order valence-corrected chi connectivity index (χ2v) is 7.01. The molecule has 6 heteroatoms. The lowest BCUT2D eigenvalue weighted by Gasteiger charge is -2.15. The first-order valence-corrected chi connectivity index (χ1v) is 9.11. The van der Waals surface area contributed by atoms with Gasteiger partial charge in [0.15, 0.2) is 0 Å². The number of furan rings is 1. The third-order valence-corrected chi connectivity index (χ3v) is 4.13. The highest BCUT2D eigenvalue weighted by atomic mass is 16.5. The van der Waals surface area contributed by atoms with Gasteiger partial charge in [0.05, 0.1) is 17.9 Å². The second-order valence-electron chi connectivity index (χ2n) is 7.01. The summed E-state index contributed by atoms with van der Waals surface area (Å²) in [6.07, 6.45) is 2.83. The van der Waals surface area contributed by atoms with Crippen LogP contribution in [0.2, 0.25) is 0 Å². The first kappa shape index (κ1) is 20.6. The molecule has 0 spiro atoms. The summed E-state index contributed by atoms with van der Waals surface area (Å²) in [7, 11) is 0. The third-order valence-electron chi connectivity index (χ3n) is 4.13. The summed E-state index contributed by atoms with van der Waals surface area (Å²) in [5.74, 6) is -0.302. The van der Waals surface area contributed by atoms with Crippen LogP contribution in [0.1, 0.15) is 54.4 Å². The Labute approximate surface area is 159 Å². The Balaban J connectivity index is 1.90. The van der Waals surface area contributed by atoms with E-state index in [-0.39, 0.29) is 30.2 Å². The fraction of sp³-hybridized carbons (Fsp3) is 0.429. The number of rotatable bonds is 9. The molecule has 1 amide bonds. The van der Waals surface area contributed by atoms with Crippen LogP contribution in [0.15, 0.2) is 34.9 Å². The molecule has 27 heavy (non-hydrogen) atoms. The van der Waals surface area contributed by atoms with Crippen molar-refractivity contribution in [1.82, 2.24) is 5.32 Å². The number of nitrogens with one attached hydrogen (secondary N) is 1. The minimum absolute atomic E-state index is 0.0592. The smallest absolute Gasteiger partial charge is 0.311 e. The summed E-state index contributed by atoms with van der Waals surface area (Å²) in [4.78, 5) is 23.4. The summed E-state index contributed by atoms with van der Waals surface area (Å²) in [5.41, 5.74) is 2.12. The van der Waals surface area contributed by atoms with Crippen molar-refractivity contribution in [2.24, 2.45) is 0 Å². The van der Waals surface area contributed by atoms with Crippen LogP contribution in [0, 0.1) is 6.92 Å². The zero-order chi connectivity index (χ0) is 20.0. The first-order valence-electron chi connectivity index (χ1n) is 9.11. The topological polar surface area (TPSA) is 88.8 Å². The molecule has 2 rings (SSSR count). The van der Waals surface area contributed by atoms with Crippen LogP contribution in [0.3, 0.4) is 0 Å². The molecule has 1 heterocycles. The van der Waals surface area contributed by atoms with Gasteiger partial charge in [-0.05, 0) is 58.2 Å². The van der Waals surface area contributed by atoms with Crippen LogP contribution in [-0.2, 0) is 17.6 Å². The highest BCUT2D eigenvalue weighted by Crippen LogP contribution is 2.18. The summed E-state index contributed by atoms with van der Waals surface area (Å²) in [6.45, 7) is 7.64. The summed E-state index contributed by atoms with van der Waals surface area (Å²) in [5, 5.41) is 11.9. The number of carboxylic acid groups (broad SMARTS) is 1. The van der Waals surface area contributed by atoms with Gasteiger partial charge in [-0.25, -0.2) is 0 Å². The van der Waals surface area contributed by atoms with Crippen molar-refractivity contribution in [3.05, 3.63) is 53.0 Å². The Morgan fingerprint density at radius 1 is 1.19 bits per heavy atom. The van der Waals surface area contributed by atoms with E-state index in [1.807, 2.05) is 45.0 Å². The number of ether oxygens (including phenoxy) is 1. The van der Waals surface area contributed by atoms with Crippen molar-refractivity contribution in [3.8, 4) is 5.75 Å². The lowest BCUT2D eigenvalue weighted by Crippen LogP contribution is -2.33. The van der Waals surface area contributed by atoms with Gasteiger partial charge in [-0.2, -0.15) is 0 Å². The molecular weight excluding hydrogens is 346 g/mol. The van der Waals surface area contributed by atoms with Crippen molar-refractivity contribution in [1.29, 1.82) is 0 Å². The monoisotopic (exact) mass is 373 g/mol. The highest BCUT2D eigenvalue weighted by Gasteiger charge is 2.21. The maximum absolute atomic E-state index is 12.5. The number of carbonyl (C=O) groups excluding carboxylic acids is 1. The van der Waals surface area contributed by atoms with E-state index in [0.717, 1.165) is 18.6 Å². The number of amides is 1. The van der Waals surface area contributed by atoms with Gasteiger partial charge < -0.3 is 19.6 Å². The average molecular weight is 373 g/mol. The zero-order valence-electron chi connectivity index (χ0n) is 16.2. The number of aliphatic carboxylic acids is 1. The van der Waals surface area contributed by atoms with Crippen molar-refractivity contribution >= 4 is 11.9 Å². The fourth-order valence-corrected chi connectivity index (χ4v) is 2.83. The molecule has 0 saturated carbocycles. The van der Waals surface area contributed by atoms with Gasteiger partial charge in [0.2, 0.25) is 0 Å². The van der Waals surface area contributed by atoms with E-state index < -0.39 is 5.97 Å². The summed E-state index contributed by atoms with van der Waals surface area (Å²) >= 11 is 0. The fourth-order valence-electron chi connectivity index (χ4n) is 2.83. The van der Waals surface area contributed by atoms with Gasteiger partial charge in [0.25, 0.3) is 5.91 Å². The molecule has 1 aromatic heterocycles. The van der Waals surface area contributed by atoms with E-state index in [4.69, 9.17) is 14.3 Å². The van der Waals surface area contributed by atoms with E-state index in [1.54, 1.807) is 6.92 Å². The zero-order valence-corrected chi connectivity index (χ0v) is 16.2. The van der Waals surface area contributed by atoms with E-state index >= 15 is 0 Å². The molecule has 2 N–H and O–H groups in total. The second kappa shape index (κ2) is 9.26. The van der Waals surface area contributed by atoms with E-state index in [2.05, 4.69) is 5.32 Å². The van der Waals surface area contributed by atoms with Crippen molar-refractivity contribution in [2.45, 2.75) is 59.1 Å². The van der Waals surface area contributed by atoms with Crippen molar-refractivity contribution < 1.29 is 23.8 Å². The van der Waals surface area contributed by atoms with Gasteiger partial charge in [0.1, 0.15) is 17.9 Å². The Morgan fingerprint density at radius 2 is 1.85 bits per heavy atom. The van der Waals surface area contributed by atoms with Crippen LogP contribution >= 0.6 is 0 Å². The van der Waals surface area contributed by atoms with Crippen LogP contribution in [-0.4, -0.2) is 29.1 Å². The Kier molecular flexibility index (Phi) is 7.05. The molecule has 0 aliphatic rings. The SMILES string of the molecule is Cc1coc(CC(=O)O)c1C(=O)NC(C)CCc1ccc(OC(C)C)cc1. The molecule has 0 radical (unpaired) electrons. The van der Waals surface area contributed by atoms with Crippen LogP contribution in [0.25, 0.3) is 0 Å². The average Bonchev–Trinajstić information content (AvgIpc) is 2.93. The first-order chi connectivity index (χ1) is 12.8. The van der Waals surface area contributed by atoms with Crippen LogP contribution in [0.5, 0.6) is 5.75 Å². The largest absolute Gasteiger partial charge is 0.491 e. The summed E-state index contributed by atoms with van der Waals surface area (Å²) in [6, 6.07) is 7.89. The minimum atomic E-state index is -1.03. The van der Waals surface area contributed by atoms with Gasteiger partial charge >= 0.3 is 5.97 Å². The van der Waals surface area contributed by atoms with Crippen molar-refractivity contribution in [3.63, 3.8) is 0 Å². The number of carboxylic acids is 1. The molecule has 0 bridgehead atoms. The Morgan fingerprint density at radius 3 is 2.44 bits per heavy atom. The molecule has 0 aliphatic carbocycles. The maximum Gasteiger partial charge on any atom is 0.311 e. The quantitative estimate of drug-likeness (QED) is 0.699. The van der Waals surface area contributed by atoms with Gasteiger partial charge in [-0.15, -0.1) is 0 Å². The number of benzene rings is 1. The normalized spacial score (nSPS) is 12.0. The predicted octanol–water partition coefficient (Wildman–Crippen LogP) is 3.75. The molecular formula is C21H27NO5. The van der Waals surface area contributed by atoms with Crippen molar-refractivity contribution in [2.75, 3.05) is 0 Å². The highest BCUT2D eigenvalue weighted by molar-refractivity contribution is 5.97. The maximum atomic E-state index is 12.5. The molecule has 1 aromatic carbocycles. The lowest BCUT2D eigenvalue weighted by atomic mass is 10.0. The van der Waals surface area contributed by atoms with Crippen LogP contribution < -0.4 is 10.1 Å². The molecule has 0 saturated heterocycles. The van der Waals surface area contributed by atoms with Gasteiger partial charge in [-0.3, -0.25) is 9.59 Å². The molecule has 1 atom stereocenters. The van der Waals surface area contributed by atoms with Crippen LogP contribution in [0.4, 0.5) is 0 Å². The molecule has 2 aromatic rings. The molecule has 0 fully saturated rings. The minimum Gasteiger partial charge on any atom is -0.491 e. The van der Waals surface area contributed by atoms with E-state index in [0.29, 0.717) is 11.1 Å². The van der Waals surface area contributed by atoms with Gasteiger partial charge in [0, 0.05) is 11.6 Å².